The third-order valence-electron chi connectivity index (χ3n) is 3.43. The van der Waals surface area contributed by atoms with E-state index in [2.05, 4.69) is 10.2 Å². The minimum atomic E-state index is 0.0304. The highest BCUT2D eigenvalue weighted by Crippen LogP contribution is 2.30. The Labute approximate surface area is 111 Å². The summed E-state index contributed by atoms with van der Waals surface area (Å²) in [6.45, 7) is 4.30. The number of hydrogen-bond donors (Lipinski definition) is 1. The van der Waals surface area contributed by atoms with Crippen LogP contribution in [0.5, 0.6) is 0 Å². The number of nitrogens with zero attached hydrogens (tertiary/aromatic N) is 2. The molecular weight excluding hydrogens is 242 g/mol. The third-order valence-corrected chi connectivity index (χ3v) is 3.43. The fourth-order valence-electron chi connectivity index (χ4n) is 2.21. The Kier molecular flexibility index (Phi) is 2.89. The summed E-state index contributed by atoms with van der Waals surface area (Å²) in [5.74, 6) is 1.74. The number of carbonyl (C=O) groups excluding carboxylic acids is 1. The van der Waals surface area contributed by atoms with Gasteiger partial charge in [-0.3, -0.25) is 9.89 Å². The number of amides is 1. The molecule has 0 saturated heterocycles. The van der Waals surface area contributed by atoms with Crippen molar-refractivity contribution in [3.05, 3.63) is 41.1 Å². The van der Waals surface area contributed by atoms with E-state index in [9.17, 15) is 4.79 Å². The van der Waals surface area contributed by atoms with E-state index in [1.807, 2.05) is 30.9 Å². The smallest absolute Gasteiger partial charge is 0.257 e. The summed E-state index contributed by atoms with van der Waals surface area (Å²) < 4.78 is 5.57. The first kappa shape index (κ1) is 12.0. The standard InChI is InChI=1S/C14H17N3O2/c1-9-3-6-12(19-9)8-17(11-4-5-11)14(18)13-7-15-16-10(13)2/h3,6-7,11H,4-5,8H2,1-2H3,(H,15,16). The van der Waals surface area contributed by atoms with Gasteiger partial charge in [0, 0.05) is 11.7 Å². The molecule has 2 heterocycles. The fraction of sp³-hybridized carbons (Fsp3) is 0.429. The van der Waals surface area contributed by atoms with Crippen molar-refractivity contribution in [2.75, 3.05) is 0 Å². The lowest BCUT2D eigenvalue weighted by atomic mass is 10.2. The molecule has 0 radical (unpaired) electrons. The maximum absolute atomic E-state index is 12.5. The largest absolute Gasteiger partial charge is 0.464 e. The summed E-state index contributed by atoms with van der Waals surface area (Å²) in [7, 11) is 0. The van der Waals surface area contributed by atoms with Crippen LogP contribution in [0.2, 0.25) is 0 Å². The molecule has 100 valence electrons. The fourth-order valence-corrected chi connectivity index (χ4v) is 2.21. The van der Waals surface area contributed by atoms with Gasteiger partial charge in [0.05, 0.1) is 18.3 Å². The molecule has 1 amide bonds. The van der Waals surface area contributed by atoms with E-state index in [4.69, 9.17) is 4.42 Å². The van der Waals surface area contributed by atoms with Crippen molar-refractivity contribution in [2.24, 2.45) is 0 Å². The van der Waals surface area contributed by atoms with Gasteiger partial charge in [-0.15, -0.1) is 0 Å². The van der Waals surface area contributed by atoms with E-state index in [1.54, 1.807) is 6.20 Å². The van der Waals surface area contributed by atoms with Crippen LogP contribution >= 0.6 is 0 Å². The summed E-state index contributed by atoms with van der Waals surface area (Å²) in [5.41, 5.74) is 1.46. The highest BCUT2D eigenvalue weighted by molar-refractivity contribution is 5.95. The third kappa shape index (κ3) is 2.41. The number of hydrogen-bond acceptors (Lipinski definition) is 3. The number of aromatic nitrogens is 2. The zero-order chi connectivity index (χ0) is 13.4. The molecule has 1 aliphatic rings. The molecule has 1 aliphatic carbocycles. The van der Waals surface area contributed by atoms with Crippen LogP contribution in [0.15, 0.2) is 22.7 Å². The second-order valence-corrected chi connectivity index (χ2v) is 5.09. The Morgan fingerprint density at radius 3 is 2.79 bits per heavy atom. The van der Waals surface area contributed by atoms with E-state index in [0.29, 0.717) is 18.2 Å². The lowest BCUT2D eigenvalue weighted by Gasteiger charge is -2.21. The minimum absolute atomic E-state index is 0.0304. The number of rotatable bonds is 4. The topological polar surface area (TPSA) is 62.1 Å². The second kappa shape index (κ2) is 4.57. The number of furan rings is 1. The molecule has 2 aromatic rings. The highest BCUT2D eigenvalue weighted by Gasteiger charge is 2.34. The van der Waals surface area contributed by atoms with E-state index in [0.717, 1.165) is 30.1 Å². The maximum Gasteiger partial charge on any atom is 0.257 e. The summed E-state index contributed by atoms with van der Waals surface area (Å²) in [5, 5.41) is 6.73. The van der Waals surface area contributed by atoms with Gasteiger partial charge in [-0.2, -0.15) is 5.10 Å². The number of aryl methyl sites for hydroxylation is 2. The zero-order valence-corrected chi connectivity index (χ0v) is 11.1. The molecule has 1 saturated carbocycles. The van der Waals surface area contributed by atoms with Crippen LogP contribution in [0.3, 0.4) is 0 Å². The molecular formula is C14H17N3O2. The maximum atomic E-state index is 12.5. The van der Waals surface area contributed by atoms with Crippen molar-refractivity contribution >= 4 is 5.91 Å². The average Bonchev–Trinajstić information content (AvgIpc) is 3.01. The van der Waals surface area contributed by atoms with E-state index >= 15 is 0 Å². The van der Waals surface area contributed by atoms with Crippen LogP contribution in [0.1, 0.15) is 40.4 Å². The molecule has 1 fully saturated rings. The monoisotopic (exact) mass is 259 g/mol. The van der Waals surface area contributed by atoms with Gasteiger partial charge >= 0.3 is 0 Å². The number of aromatic amines is 1. The van der Waals surface area contributed by atoms with Crippen molar-refractivity contribution < 1.29 is 9.21 Å². The molecule has 0 unspecified atom stereocenters. The van der Waals surface area contributed by atoms with Crippen LogP contribution in [-0.2, 0) is 6.54 Å². The first-order valence-corrected chi connectivity index (χ1v) is 6.51. The van der Waals surface area contributed by atoms with Crippen molar-refractivity contribution in [3.63, 3.8) is 0 Å². The molecule has 3 rings (SSSR count). The summed E-state index contributed by atoms with van der Waals surface area (Å²) in [6.07, 6.45) is 3.74. The first-order chi connectivity index (χ1) is 9.15. The summed E-state index contributed by atoms with van der Waals surface area (Å²) in [6, 6.07) is 4.20. The SMILES string of the molecule is Cc1ccc(CN(C(=O)c2cn[nH]c2C)C2CC2)o1. The molecule has 19 heavy (non-hydrogen) atoms. The quantitative estimate of drug-likeness (QED) is 0.917. The second-order valence-electron chi connectivity index (χ2n) is 5.09. The van der Waals surface area contributed by atoms with Crippen molar-refractivity contribution in [2.45, 2.75) is 39.3 Å². The Morgan fingerprint density at radius 1 is 1.47 bits per heavy atom. The number of carbonyl (C=O) groups is 1. The van der Waals surface area contributed by atoms with Crippen molar-refractivity contribution in [1.82, 2.24) is 15.1 Å². The molecule has 0 spiro atoms. The molecule has 2 aromatic heterocycles. The van der Waals surface area contributed by atoms with Gasteiger partial charge in [0.25, 0.3) is 5.91 Å². The van der Waals surface area contributed by atoms with Gasteiger partial charge < -0.3 is 9.32 Å². The van der Waals surface area contributed by atoms with Crippen LogP contribution in [0.25, 0.3) is 0 Å². The zero-order valence-electron chi connectivity index (χ0n) is 11.1. The molecule has 5 nitrogen and oxygen atoms in total. The molecule has 0 aliphatic heterocycles. The van der Waals surface area contributed by atoms with Gasteiger partial charge in [-0.1, -0.05) is 0 Å². The van der Waals surface area contributed by atoms with E-state index in [-0.39, 0.29) is 5.91 Å². The van der Waals surface area contributed by atoms with E-state index < -0.39 is 0 Å². The van der Waals surface area contributed by atoms with Crippen LogP contribution in [-0.4, -0.2) is 27.0 Å². The Morgan fingerprint density at radius 2 is 2.26 bits per heavy atom. The van der Waals surface area contributed by atoms with Gasteiger partial charge in [0.15, 0.2) is 0 Å². The van der Waals surface area contributed by atoms with Gasteiger partial charge in [-0.25, -0.2) is 0 Å². The van der Waals surface area contributed by atoms with Crippen LogP contribution < -0.4 is 0 Å². The Balaban J connectivity index is 1.81. The molecule has 0 aromatic carbocycles. The highest BCUT2D eigenvalue weighted by atomic mass is 16.3. The average molecular weight is 259 g/mol. The predicted octanol–water partition coefficient (Wildman–Crippen LogP) is 2.42. The predicted molar refractivity (Wildman–Crippen MR) is 69.7 cm³/mol. The van der Waals surface area contributed by atoms with Gasteiger partial charge in [0.1, 0.15) is 11.5 Å². The number of H-pyrrole nitrogens is 1. The summed E-state index contributed by atoms with van der Waals surface area (Å²) >= 11 is 0. The Bertz CT molecular complexity index is 595. The van der Waals surface area contributed by atoms with Gasteiger partial charge in [0.2, 0.25) is 0 Å². The minimum Gasteiger partial charge on any atom is -0.464 e. The van der Waals surface area contributed by atoms with Gasteiger partial charge in [-0.05, 0) is 38.8 Å². The normalized spacial score (nSPS) is 14.6. The lowest BCUT2D eigenvalue weighted by molar-refractivity contribution is 0.0716. The van der Waals surface area contributed by atoms with E-state index in [1.165, 1.54) is 0 Å². The molecule has 1 N–H and O–H groups in total. The molecule has 0 atom stereocenters. The van der Waals surface area contributed by atoms with Crippen molar-refractivity contribution in [1.29, 1.82) is 0 Å². The molecule has 5 heteroatoms. The lowest BCUT2D eigenvalue weighted by Crippen LogP contribution is -2.32. The first-order valence-electron chi connectivity index (χ1n) is 6.51. The van der Waals surface area contributed by atoms with Crippen LogP contribution in [0, 0.1) is 13.8 Å². The molecule has 0 bridgehead atoms. The van der Waals surface area contributed by atoms with Crippen molar-refractivity contribution in [3.8, 4) is 0 Å². The number of nitrogens with one attached hydrogen (secondary N) is 1. The summed E-state index contributed by atoms with van der Waals surface area (Å²) in [4.78, 5) is 14.4. The Hall–Kier alpha value is -2.04. The van der Waals surface area contributed by atoms with Crippen LogP contribution in [0.4, 0.5) is 0 Å².